The van der Waals surface area contributed by atoms with Crippen LogP contribution in [0.3, 0.4) is 0 Å². The van der Waals surface area contributed by atoms with Gasteiger partial charge in [-0.25, -0.2) is 4.79 Å². The Morgan fingerprint density at radius 2 is 1.74 bits per heavy atom. The molecular weight excluding hydrogens is 296 g/mol. The van der Waals surface area contributed by atoms with Crippen molar-refractivity contribution in [1.29, 1.82) is 0 Å². The topological polar surface area (TPSA) is 70.1 Å². The lowest BCUT2D eigenvalue weighted by molar-refractivity contribution is -0.148. The first-order valence-corrected chi connectivity index (χ1v) is 7.80. The van der Waals surface area contributed by atoms with Gasteiger partial charge in [0.25, 0.3) is 0 Å². The summed E-state index contributed by atoms with van der Waals surface area (Å²) in [5, 5.41) is 9.18. The maximum atomic E-state index is 12.1. The molecule has 0 unspecified atom stereocenters. The van der Waals surface area contributed by atoms with Gasteiger partial charge in [-0.15, -0.1) is 0 Å². The summed E-state index contributed by atoms with van der Waals surface area (Å²) in [6.45, 7) is 6.63. The van der Waals surface area contributed by atoms with E-state index >= 15 is 0 Å². The van der Waals surface area contributed by atoms with Gasteiger partial charge in [0.15, 0.2) is 0 Å². The van der Waals surface area contributed by atoms with Crippen LogP contribution in [-0.4, -0.2) is 59.7 Å². The summed E-state index contributed by atoms with van der Waals surface area (Å²) in [7, 11) is 0. The number of benzene rings is 1. The summed E-state index contributed by atoms with van der Waals surface area (Å²) < 4.78 is 5.32. The van der Waals surface area contributed by atoms with Crippen molar-refractivity contribution in [3.63, 3.8) is 0 Å². The third-order valence-electron chi connectivity index (χ3n) is 4.03. The molecule has 23 heavy (non-hydrogen) atoms. The van der Waals surface area contributed by atoms with Crippen LogP contribution in [0.25, 0.3) is 0 Å². The molecule has 1 N–H and O–H groups in total. The van der Waals surface area contributed by atoms with Crippen molar-refractivity contribution in [3.05, 3.63) is 35.9 Å². The third kappa shape index (κ3) is 4.96. The van der Waals surface area contributed by atoms with E-state index in [1.807, 2.05) is 30.3 Å². The summed E-state index contributed by atoms with van der Waals surface area (Å²) in [6, 6.07) is 9.57. The lowest BCUT2D eigenvalue weighted by Crippen LogP contribution is -2.51. The molecule has 1 aliphatic heterocycles. The monoisotopic (exact) mass is 320 g/mol. The number of nitrogens with zero attached hydrogens (tertiary/aromatic N) is 2. The van der Waals surface area contributed by atoms with Gasteiger partial charge in [0.05, 0.1) is 5.41 Å². The minimum Gasteiger partial charge on any atom is -0.481 e. The van der Waals surface area contributed by atoms with E-state index in [2.05, 4.69) is 4.90 Å². The van der Waals surface area contributed by atoms with Crippen LogP contribution >= 0.6 is 0 Å². The maximum Gasteiger partial charge on any atom is 0.410 e. The van der Waals surface area contributed by atoms with Gasteiger partial charge in [0, 0.05) is 32.7 Å². The van der Waals surface area contributed by atoms with Crippen molar-refractivity contribution < 1.29 is 19.4 Å². The van der Waals surface area contributed by atoms with E-state index in [0.29, 0.717) is 32.7 Å². The Morgan fingerprint density at radius 3 is 2.30 bits per heavy atom. The highest BCUT2D eigenvalue weighted by Crippen LogP contribution is 2.18. The molecule has 1 fully saturated rings. The van der Waals surface area contributed by atoms with Crippen LogP contribution in [0.15, 0.2) is 30.3 Å². The molecule has 1 heterocycles. The molecule has 126 valence electrons. The molecule has 1 aliphatic rings. The van der Waals surface area contributed by atoms with Crippen molar-refractivity contribution in [1.82, 2.24) is 9.80 Å². The molecule has 0 saturated carbocycles. The molecule has 2 rings (SSSR count). The predicted octanol–water partition coefficient (Wildman–Crippen LogP) is 2.05. The first-order valence-electron chi connectivity index (χ1n) is 7.80. The SMILES string of the molecule is CC(C)(CN1CCN(C(=O)OCc2ccccc2)CC1)C(=O)O. The van der Waals surface area contributed by atoms with Crippen LogP contribution in [0.4, 0.5) is 4.79 Å². The molecular formula is C17H24N2O4. The molecule has 0 aromatic heterocycles. The second kappa shape index (κ2) is 7.46. The molecule has 0 bridgehead atoms. The zero-order valence-corrected chi connectivity index (χ0v) is 13.7. The highest BCUT2D eigenvalue weighted by molar-refractivity contribution is 5.73. The van der Waals surface area contributed by atoms with Crippen LogP contribution in [0.1, 0.15) is 19.4 Å². The molecule has 1 aromatic rings. The minimum absolute atomic E-state index is 0.270. The fourth-order valence-electron chi connectivity index (χ4n) is 2.53. The van der Waals surface area contributed by atoms with Gasteiger partial charge in [-0.3, -0.25) is 9.69 Å². The van der Waals surface area contributed by atoms with Crippen LogP contribution in [0.2, 0.25) is 0 Å². The van der Waals surface area contributed by atoms with Crippen molar-refractivity contribution in [3.8, 4) is 0 Å². The van der Waals surface area contributed by atoms with E-state index in [0.717, 1.165) is 5.56 Å². The van der Waals surface area contributed by atoms with E-state index in [9.17, 15) is 14.7 Å². The van der Waals surface area contributed by atoms with Gasteiger partial charge in [-0.2, -0.15) is 0 Å². The Hall–Kier alpha value is -2.08. The summed E-state index contributed by atoms with van der Waals surface area (Å²) >= 11 is 0. The predicted molar refractivity (Wildman–Crippen MR) is 86.1 cm³/mol. The molecule has 1 amide bonds. The lowest BCUT2D eigenvalue weighted by atomic mass is 9.93. The minimum atomic E-state index is -0.804. The number of hydrogen-bond donors (Lipinski definition) is 1. The van der Waals surface area contributed by atoms with E-state index in [4.69, 9.17) is 4.74 Å². The smallest absolute Gasteiger partial charge is 0.410 e. The van der Waals surface area contributed by atoms with Crippen LogP contribution in [0, 0.1) is 5.41 Å². The van der Waals surface area contributed by atoms with Gasteiger partial charge in [0.1, 0.15) is 6.61 Å². The van der Waals surface area contributed by atoms with Crippen molar-refractivity contribution >= 4 is 12.1 Å². The second-order valence-corrected chi connectivity index (χ2v) is 6.49. The number of aliphatic carboxylic acids is 1. The number of hydrogen-bond acceptors (Lipinski definition) is 4. The molecule has 1 saturated heterocycles. The molecule has 6 heteroatoms. The molecule has 0 aliphatic carbocycles. The lowest BCUT2D eigenvalue weighted by Gasteiger charge is -2.37. The fourth-order valence-corrected chi connectivity index (χ4v) is 2.53. The van der Waals surface area contributed by atoms with Crippen LogP contribution in [-0.2, 0) is 16.1 Å². The van der Waals surface area contributed by atoms with E-state index in [1.165, 1.54) is 0 Å². The normalized spacial score (nSPS) is 16.2. The molecule has 6 nitrogen and oxygen atoms in total. The second-order valence-electron chi connectivity index (χ2n) is 6.49. The van der Waals surface area contributed by atoms with Gasteiger partial charge < -0.3 is 14.7 Å². The molecule has 0 atom stereocenters. The average molecular weight is 320 g/mol. The Labute approximate surface area is 136 Å². The Bertz CT molecular complexity index is 537. The Balaban J connectivity index is 1.75. The van der Waals surface area contributed by atoms with Gasteiger partial charge in [-0.1, -0.05) is 30.3 Å². The quantitative estimate of drug-likeness (QED) is 0.899. The average Bonchev–Trinajstić information content (AvgIpc) is 2.54. The van der Waals surface area contributed by atoms with Gasteiger partial charge >= 0.3 is 12.1 Å². The highest BCUT2D eigenvalue weighted by Gasteiger charge is 2.32. The standard InChI is InChI=1S/C17H24N2O4/c1-17(2,15(20)21)13-18-8-10-19(11-9-18)16(22)23-12-14-6-4-3-5-7-14/h3-7H,8-13H2,1-2H3,(H,20,21). The number of rotatable bonds is 5. The molecule has 0 radical (unpaired) electrons. The summed E-state index contributed by atoms with van der Waals surface area (Å²) in [6.07, 6.45) is -0.314. The van der Waals surface area contributed by atoms with Crippen molar-refractivity contribution in [2.75, 3.05) is 32.7 Å². The first kappa shape index (κ1) is 17.3. The Kier molecular flexibility index (Phi) is 5.60. The van der Waals surface area contributed by atoms with Crippen molar-refractivity contribution in [2.45, 2.75) is 20.5 Å². The largest absolute Gasteiger partial charge is 0.481 e. The zero-order chi connectivity index (χ0) is 16.9. The number of carboxylic acid groups (broad SMARTS) is 1. The van der Waals surface area contributed by atoms with Crippen LogP contribution in [0.5, 0.6) is 0 Å². The molecule has 0 spiro atoms. The van der Waals surface area contributed by atoms with Crippen molar-refractivity contribution in [2.24, 2.45) is 5.41 Å². The van der Waals surface area contributed by atoms with Gasteiger partial charge in [-0.05, 0) is 19.4 Å². The van der Waals surface area contributed by atoms with E-state index < -0.39 is 11.4 Å². The van der Waals surface area contributed by atoms with Crippen LogP contribution < -0.4 is 0 Å². The summed E-state index contributed by atoms with van der Waals surface area (Å²) in [5.74, 6) is -0.804. The number of carbonyl (C=O) groups excluding carboxylic acids is 1. The summed E-state index contributed by atoms with van der Waals surface area (Å²) in [5.41, 5.74) is 0.179. The highest BCUT2D eigenvalue weighted by atomic mass is 16.6. The maximum absolute atomic E-state index is 12.1. The summed E-state index contributed by atoms with van der Waals surface area (Å²) in [4.78, 5) is 27.0. The molecule has 1 aromatic carbocycles. The van der Waals surface area contributed by atoms with E-state index in [1.54, 1.807) is 18.7 Å². The Morgan fingerprint density at radius 1 is 1.13 bits per heavy atom. The zero-order valence-electron chi connectivity index (χ0n) is 13.7. The number of carbonyl (C=O) groups is 2. The number of amides is 1. The van der Waals surface area contributed by atoms with Gasteiger partial charge in [0.2, 0.25) is 0 Å². The third-order valence-corrected chi connectivity index (χ3v) is 4.03. The number of ether oxygens (including phenoxy) is 1. The number of carboxylic acids is 1. The first-order chi connectivity index (χ1) is 10.9. The van der Waals surface area contributed by atoms with E-state index in [-0.39, 0.29) is 12.7 Å². The fraction of sp³-hybridized carbons (Fsp3) is 0.529. The number of piperazine rings is 1.